The van der Waals surface area contributed by atoms with Crippen molar-refractivity contribution in [1.82, 2.24) is 9.97 Å². The summed E-state index contributed by atoms with van der Waals surface area (Å²) in [6.45, 7) is 0. The number of carbonyl (C=O) groups excluding carboxylic acids is 1. The Morgan fingerprint density at radius 2 is 1.78 bits per heavy atom. The molecule has 0 atom stereocenters. The van der Waals surface area contributed by atoms with Gasteiger partial charge in [0, 0.05) is 5.56 Å². The molecule has 0 bridgehead atoms. The zero-order valence-corrected chi connectivity index (χ0v) is 9.31. The van der Waals surface area contributed by atoms with E-state index in [1.807, 2.05) is 6.07 Å². The van der Waals surface area contributed by atoms with Crippen molar-refractivity contribution in [1.29, 1.82) is 0 Å². The van der Waals surface area contributed by atoms with Crippen molar-refractivity contribution in [2.45, 2.75) is 6.42 Å². The largest absolute Gasteiger partial charge is 0.305 e. The Labute approximate surface area is 102 Å². The molecule has 1 aromatic carbocycles. The second-order valence-electron chi connectivity index (χ2n) is 3.58. The molecule has 0 saturated carbocycles. The number of Topliss-reactive ketones (excluding diaryl/α,β-unsaturated/α-hetero) is 1. The van der Waals surface area contributed by atoms with Crippen LogP contribution in [0.1, 0.15) is 16.2 Å². The summed E-state index contributed by atoms with van der Waals surface area (Å²) in [7, 11) is 0. The van der Waals surface area contributed by atoms with Crippen LogP contribution in [0.4, 0.5) is 5.69 Å². The number of ketones is 1. The Morgan fingerprint density at radius 3 is 2.33 bits per heavy atom. The minimum absolute atomic E-state index is 0.0298. The summed E-state index contributed by atoms with van der Waals surface area (Å²) in [4.78, 5) is 29.2. The molecule has 0 fully saturated rings. The first-order valence-corrected chi connectivity index (χ1v) is 5.20. The normalized spacial score (nSPS) is 10.0. The summed E-state index contributed by atoms with van der Waals surface area (Å²) in [5.74, 6) is 0.152. The maximum Gasteiger partial charge on any atom is 0.305 e. The van der Waals surface area contributed by atoms with Crippen molar-refractivity contribution in [2.24, 2.45) is 0 Å². The van der Waals surface area contributed by atoms with Crippen LogP contribution >= 0.6 is 0 Å². The number of hydrogen-bond acceptors (Lipinski definition) is 5. The fraction of sp³-hybridized carbons (Fsp3) is 0.0833. The van der Waals surface area contributed by atoms with Crippen LogP contribution in [0.15, 0.2) is 42.7 Å². The smallest absolute Gasteiger partial charge is 0.294 e. The van der Waals surface area contributed by atoms with Gasteiger partial charge in [0.25, 0.3) is 0 Å². The quantitative estimate of drug-likeness (QED) is 0.464. The Hall–Kier alpha value is -2.63. The van der Waals surface area contributed by atoms with E-state index < -0.39 is 4.92 Å². The third-order valence-electron chi connectivity index (χ3n) is 2.32. The van der Waals surface area contributed by atoms with Crippen LogP contribution in [-0.2, 0) is 6.42 Å². The van der Waals surface area contributed by atoms with E-state index in [0.29, 0.717) is 5.56 Å². The van der Waals surface area contributed by atoms with E-state index in [4.69, 9.17) is 0 Å². The van der Waals surface area contributed by atoms with E-state index in [0.717, 1.165) is 12.4 Å². The second kappa shape index (κ2) is 5.13. The third-order valence-corrected chi connectivity index (χ3v) is 2.32. The van der Waals surface area contributed by atoms with Gasteiger partial charge in [-0.05, 0) is 0 Å². The van der Waals surface area contributed by atoms with E-state index in [-0.39, 0.29) is 23.7 Å². The van der Waals surface area contributed by atoms with Crippen LogP contribution in [0, 0.1) is 10.1 Å². The molecule has 0 aliphatic rings. The van der Waals surface area contributed by atoms with Gasteiger partial charge < -0.3 is 0 Å². The van der Waals surface area contributed by atoms with Gasteiger partial charge in [0.05, 0.1) is 11.3 Å². The Balaban J connectivity index is 2.10. The topological polar surface area (TPSA) is 86.0 Å². The molecule has 6 heteroatoms. The van der Waals surface area contributed by atoms with Crippen LogP contribution in [0.5, 0.6) is 0 Å². The first kappa shape index (κ1) is 11.8. The number of benzene rings is 1. The van der Waals surface area contributed by atoms with E-state index >= 15 is 0 Å². The SMILES string of the molecule is O=C(Cc1ncc([N+](=O)[O-])cn1)c1ccccc1. The predicted molar refractivity (Wildman–Crippen MR) is 63.2 cm³/mol. The van der Waals surface area contributed by atoms with Crippen molar-refractivity contribution < 1.29 is 9.72 Å². The van der Waals surface area contributed by atoms with E-state index in [9.17, 15) is 14.9 Å². The summed E-state index contributed by atoms with van der Waals surface area (Å²) in [5, 5.41) is 10.4. The predicted octanol–water partition coefficient (Wildman–Crippen LogP) is 1.81. The minimum Gasteiger partial charge on any atom is -0.294 e. The van der Waals surface area contributed by atoms with Crippen LogP contribution < -0.4 is 0 Å². The summed E-state index contributed by atoms with van der Waals surface area (Å²) in [5.41, 5.74) is 0.380. The standard InChI is InChI=1S/C12H9N3O3/c16-11(9-4-2-1-3-5-9)6-12-13-7-10(8-14-12)15(17)18/h1-5,7-8H,6H2. The Bertz CT molecular complexity index is 567. The summed E-state index contributed by atoms with van der Waals surface area (Å²) >= 11 is 0. The number of nitrogens with zero attached hydrogens (tertiary/aromatic N) is 3. The molecular formula is C12H9N3O3. The van der Waals surface area contributed by atoms with E-state index in [2.05, 4.69) is 9.97 Å². The zero-order chi connectivity index (χ0) is 13.0. The van der Waals surface area contributed by atoms with Crippen molar-refractivity contribution in [3.05, 3.63) is 64.2 Å². The second-order valence-corrected chi connectivity index (χ2v) is 3.58. The molecule has 1 aromatic heterocycles. The highest BCUT2D eigenvalue weighted by molar-refractivity contribution is 5.97. The molecule has 0 spiro atoms. The van der Waals surface area contributed by atoms with Gasteiger partial charge in [-0.15, -0.1) is 0 Å². The fourth-order valence-electron chi connectivity index (χ4n) is 1.40. The third kappa shape index (κ3) is 2.73. The summed E-state index contributed by atoms with van der Waals surface area (Å²) in [6, 6.07) is 8.76. The van der Waals surface area contributed by atoms with Crippen molar-refractivity contribution in [3.8, 4) is 0 Å². The highest BCUT2D eigenvalue weighted by Gasteiger charge is 2.11. The van der Waals surface area contributed by atoms with E-state index in [1.54, 1.807) is 24.3 Å². The molecule has 2 aromatic rings. The molecule has 1 heterocycles. The van der Waals surface area contributed by atoms with Gasteiger partial charge in [0.15, 0.2) is 5.78 Å². The summed E-state index contributed by atoms with van der Waals surface area (Å²) < 4.78 is 0. The maximum atomic E-state index is 11.8. The van der Waals surface area contributed by atoms with Crippen LogP contribution in [0.25, 0.3) is 0 Å². The lowest BCUT2D eigenvalue weighted by molar-refractivity contribution is -0.385. The van der Waals surface area contributed by atoms with Crippen LogP contribution in [-0.4, -0.2) is 20.7 Å². The van der Waals surface area contributed by atoms with Gasteiger partial charge in [-0.1, -0.05) is 30.3 Å². The first-order valence-electron chi connectivity index (χ1n) is 5.20. The van der Waals surface area contributed by atoms with E-state index in [1.165, 1.54) is 0 Å². The van der Waals surface area contributed by atoms with Gasteiger partial charge in [-0.2, -0.15) is 0 Å². The lowest BCUT2D eigenvalue weighted by atomic mass is 10.1. The monoisotopic (exact) mass is 243 g/mol. The molecule has 0 N–H and O–H groups in total. The average Bonchev–Trinajstić information content (AvgIpc) is 2.40. The molecule has 0 aliphatic carbocycles. The Morgan fingerprint density at radius 1 is 1.17 bits per heavy atom. The molecule has 0 radical (unpaired) electrons. The minimum atomic E-state index is -0.581. The molecule has 0 amide bonds. The molecular weight excluding hydrogens is 234 g/mol. The number of carbonyl (C=O) groups is 1. The molecule has 90 valence electrons. The van der Waals surface area contributed by atoms with Crippen LogP contribution in [0.2, 0.25) is 0 Å². The van der Waals surface area contributed by atoms with Gasteiger partial charge in [-0.25, -0.2) is 9.97 Å². The van der Waals surface area contributed by atoms with Crippen molar-refractivity contribution in [2.75, 3.05) is 0 Å². The number of rotatable bonds is 4. The Kier molecular flexibility index (Phi) is 3.38. The maximum absolute atomic E-state index is 11.8. The van der Waals surface area contributed by atoms with Gasteiger partial charge in [-0.3, -0.25) is 14.9 Å². The zero-order valence-electron chi connectivity index (χ0n) is 9.31. The van der Waals surface area contributed by atoms with Crippen molar-refractivity contribution in [3.63, 3.8) is 0 Å². The molecule has 0 aliphatic heterocycles. The lowest BCUT2D eigenvalue weighted by Gasteiger charge is -1.99. The molecule has 2 rings (SSSR count). The van der Waals surface area contributed by atoms with Crippen LogP contribution in [0.3, 0.4) is 0 Å². The molecule has 18 heavy (non-hydrogen) atoms. The molecule has 0 saturated heterocycles. The van der Waals surface area contributed by atoms with Crippen molar-refractivity contribution >= 4 is 11.5 Å². The van der Waals surface area contributed by atoms with Gasteiger partial charge in [0.1, 0.15) is 18.2 Å². The average molecular weight is 243 g/mol. The summed E-state index contributed by atoms with van der Waals surface area (Å²) in [6.07, 6.45) is 2.23. The number of aromatic nitrogens is 2. The molecule has 0 unspecified atom stereocenters. The highest BCUT2D eigenvalue weighted by atomic mass is 16.6. The first-order chi connectivity index (χ1) is 8.66. The lowest BCUT2D eigenvalue weighted by Crippen LogP contribution is -2.07. The number of nitro groups is 1. The number of hydrogen-bond donors (Lipinski definition) is 0. The highest BCUT2D eigenvalue weighted by Crippen LogP contribution is 2.08. The fourth-order valence-corrected chi connectivity index (χ4v) is 1.40. The molecule has 6 nitrogen and oxygen atoms in total. The van der Waals surface area contributed by atoms with Gasteiger partial charge in [0.2, 0.25) is 0 Å². The van der Waals surface area contributed by atoms with Gasteiger partial charge >= 0.3 is 5.69 Å².